The van der Waals surface area contributed by atoms with Crippen molar-refractivity contribution in [3.63, 3.8) is 0 Å². The second-order valence-electron chi connectivity index (χ2n) is 6.30. The van der Waals surface area contributed by atoms with E-state index in [9.17, 15) is 18.7 Å². The SMILES string of the molecule is O=C(O)Cc1c(-c2ccc(F)cc2F)[nH]c2ccc(Oc3ccccc3)cc12. The molecular weight excluding hydrogens is 364 g/mol. The number of carbonyl (C=O) groups is 1. The van der Waals surface area contributed by atoms with Crippen molar-refractivity contribution in [1.29, 1.82) is 0 Å². The van der Waals surface area contributed by atoms with Gasteiger partial charge in [0.2, 0.25) is 0 Å². The summed E-state index contributed by atoms with van der Waals surface area (Å²) in [6.45, 7) is 0. The zero-order valence-electron chi connectivity index (χ0n) is 14.6. The zero-order valence-corrected chi connectivity index (χ0v) is 14.6. The van der Waals surface area contributed by atoms with Crippen LogP contribution in [0.4, 0.5) is 8.78 Å². The molecule has 0 aliphatic rings. The van der Waals surface area contributed by atoms with E-state index in [4.69, 9.17) is 4.74 Å². The number of nitrogens with one attached hydrogen (secondary N) is 1. The molecule has 6 heteroatoms. The number of H-pyrrole nitrogens is 1. The topological polar surface area (TPSA) is 62.3 Å². The molecule has 0 atom stereocenters. The summed E-state index contributed by atoms with van der Waals surface area (Å²) in [6.07, 6.45) is -0.319. The van der Waals surface area contributed by atoms with Gasteiger partial charge >= 0.3 is 5.97 Å². The van der Waals surface area contributed by atoms with Crippen LogP contribution in [0, 0.1) is 11.6 Å². The van der Waals surface area contributed by atoms with Gasteiger partial charge in [0, 0.05) is 22.5 Å². The normalized spacial score (nSPS) is 10.9. The maximum atomic E-state index is 14.3. The van der Waals surface area contributed by atoms with Gasteiger partial charge in [-0.25, -0.2) is 8.78 Å². The van der Waals surface area contributed by atoms with Gasteiger partial charge in [-0.05, 0) is 48.0 Å². The quantitative estimate of drug-likeness (QED) is 0.479. The first-order chi connectivity index (χ1) is 13.5. The summed E-state index contributed by atoms with van der Waals surface area (Å²) in [6, 6.07) is 17.6. The highest BCUT2D eigenvalue weighted by Gasteiger charge is 2.19. The average molecular weight is 379 g/mol. The fourth-order valence-corrected chi connectivity index (χ4v) is 3.17. The molecule has 0 saturated carbocycles. The summed E-state index contributed by atoms with van der Waals surface area (Å²) >= 11 is 0. The van der Waals surface area contributed by atoms with Crippen molar-refractivity contribution >= 4 is 16.9 Å². The molecule has 0 aliphatic heterocycles. The molecule has 1 heterocycles. The Morgan fingerprint density at radius 3 is 2.46 bits per heavy atom. The third-order valence-corrected chi connectivity index (χ3v) is 4.38. The first kappa shape index (κ1) is 17.7. The van der Waals surface area contributed by atoms with E-state index in [2.05, 4.69) is 4.98 Å². The third kappa shape index (κ3) is 3.44. The Labute approximate surface area is 159 Å². The maximum absolute atomic E-state index is 14.3. The van der Waals surface area contributed by atoms with Crippen LogP contribution in [-0.4, -0.2) is 16.1 Å². The molecule has 28 heavy (non-hydrogen) atoms. The first-order valence-electron chi connectivity index (χ1n) is 8.56. The number of hydrogen-bond acceptors (Lipinski definition) is 2. The Morgan fingerprint density at radius 1 is 0.964 bits per heavy atom. The van der Waals surface area contributed by atoms with Crippen LogP contribution in [0.2, 0.25) is 0 Å². The standard InChI is InChI=1S/C22H15F2NO3/c23-13-6-8-16(19(24)10-13)22-18(12-21(26)27)17-11-15(7-9-20(17)25-22)28-14-4-2-1-3-5-14/h1-11,25H,12H2,(H,26,27). The van der Waals surface area contributed by atoms with E-state index < -0.39 is 17.6 Å². The fourth-order valence-electron chi connectivity index (χ4n) is 3.17. The predicted octanol–water partition coefficient (Wildman–Crippen LogP) is 5.53. The fraction of sp³-hybridized carbons (Fsp3) is 0.0455. The molecule has 0 amide bonds. The number of halogens is 2. The highest BCUT2D eigenvalue weighted by atomic mass is 19.1. The lowest BCUT2D eigenvalue weighted by Gasteiger charge is -2.06. The lowest BCUT2D eigenvalue weighted by molar-refractivity contribution is -0.136. The van der Waals surface area contributed by atoms with Crippen LogP contribution < -0.4 is 4.74 Å². The number of aliphatic carboxylic acids is 1. The molecule has 0 bridgehead atoms. The van der Waals surface area contributed by atoms with Crippen LogP contribution in [0.3, 0.4) is 0 Å². The number of aromatic amines is 1. The summed E-state index contributed by atoms with van der Waals surface area (Å²) in [4.78, 5) is 14.5. The van der Waals surface area contributed by atoms with Gasteiger partial charge < -0.3 is 14.8 Å². The minimum atomic E-state index is -1.06. The number of carboxylic acids is 1. The molecule has 0 unspecified atom stereocenters. The number of ether oxygens (including phenoxy) is 1. The van der Waals surface area contributed by atoms with Gasteiger partial charge in [-0.1, -0.05) is 18.2 Å². The third-order valence-electron chi connectivity index (χ3n) is 4.38. The van der Waals surface area contributed by atoms with E-state index in [-0.39, 0.29) is 12.0 Å². The van der Waals surface area contributed by atoms with Gasteiger partial charge in [-0.15, -0.1) is 0 Å². The van der Waals surface area contributed by atoms with E-state index in [1.54, 1.807) is 30.3 Å². The molecule has 4 rings (SSSR count). The van der Waals surface area contributed by atoms with Gasteiger partial charge in [0.05, 0.1) is 12.1 Å². The molecular formula is C22H15F2NO3. The number of hydrogen-bond donors (Lipinski definition) is 2. The number of carboxylic acid groups (broad SMARTS) is 1. The Kier molecular flexibility index (Phi) is 4.53. The number of aromatic nitrogens is 1. The molecule has 0 spiro atoms. The van der Waals surface area contributed by atoms with Gasteiger partial charge in [0.25, 0.3) is 0 Å². The molecule has 0 radical (unpaired) electrons. The zero-order chi connectivity index (χ0) is 19.7. The maximum Gasteiger partial charge on any atom is 0.307 e. The first-order valence-corrected chi connectivity index (χ1v) is 8.56. The molecule has 3 aromatic carbocycles. The van der Waals surface area contributed by atoms with Crippen molar-refractivity contribution < 1.29 is 23.4 Å². The van der Waals surface area contributed by atoms with Gasteiger partial charge in [-0.2, -0.15) is 0 Å². The second-order valence-corrected chi connectivity index (χ2v) is 6.30. The van der Waals surface area contributed by atoms with E-state index >= 15 is 0 Å². The van der Waals surface area contributed by atoms with Crippen molar-refractivity contribution in [2.75, 3.05) is 0 Å². The summed E-state index contributed by atoms with van der Waals surface area (Å²) < 4.78 is 33.4. The van der Waals surface area contributed by atoms with Crippen LogP contribution in [0.1, 0.15) is 5.56 Å². The smallest absolute Gasteiger partial charge is 0.307 e. The minimum Gasteiger partial charge on any atom is -0.481 e. The molecule has 0 saturated heterocycles. The Bertz CT molecular complexity index is 1170. The predicted molar refractivity (Wildman–Crippen MR) is 102 cm³/mol. The molecule has 0 fully saturated rings. The second kappa shape index (κ2) is 7.15. The summed E-state index contributed by atoms with van der Waals surface area (Å²) in [5.41, 5.74) is 1.47. The number of rotatable bonds is 5. The minimum absolute atomic E-state index is 0.111. The van der Waals surface area contributed by atoms with Gasteiger partial charge in [0.1, 0.15) is 23.1 Å². The molecule has 2 N–H and O–H groups in total. The van der Waals surface area contributed by atoms with Crippen molar-refractivity contribution in [1.82, 2.24) is 4.98 Å². The summed E-state index contributed by atoms with van der Waals surface area (Å²) in [5.74, 6) is -1.36. The highest BCUT2D eigenvalue weighted by molar-refractivity contribution is 5.94. The largest absolute Gasteiger partial charge is 0.481 e. The summed E-state index contributed by atoms with van der Waals surface area (Å²) in [5, 5.41) is 9.94. The van der Waals surface area contributed by atoms with Crippen LogP contribution in [0.25, 0.3) is 22.2 Å². The highest BCUT2D eigenvalue weighted by Crippen LogP contribution is 2.35. The van der Waals surface area contributed by atoms with Crippen LogP contribution in [-0.2, 0) is 11.2 Å². The van der Waals surface area contributed by atoms with Crippen LogP contribution in [0.15, 0.2) is 66.7 Å². The Balaban J connectivity index is 1.85. The average Bonchev–Trinajstić information content (AvgIpc) is 3.00. The van der Waals surface area contributed by atoms with Crippen molar-refractivity contribution in [3.05, 3.63) is 83.9 Å². The van der Waals surface area contributed by atoms with Crippen molar-refractivity contribution in [2.24, 2.45) is 0 Å². The Morgan fingerprint density at radius 2 is 1.75 bits per heavy atom. The number of para-hydroxylation sites is 1. The lowest BCUT2D eigenvalue weighted by Crippen LogP contribution is -2.01. The Hall–Kier alpha value is -3.67. The lowest BCUT2D eigenvalue weighted by atomic mass is 10.0. The number of benzene rings is 3. The number of fused-ring (bicyclic) bond motifs is 1. The van der Waals surface area contributed by atoms with Crippen molar-refractivity contribution in [2.45, 2.75) is 6.42 Å². The van der Waals surface area contributed by atoms with E-state index in [0.717, 1.165) is 12.1 Å². The van der Waals surface area contributed by atoms with Crippen molar-refractivity contribution in [3.8, 4) is 22.8 Å². The molecule has 140 valence electrons. The van der Waals surface area contributed by atoms with E-state index in [1.807, 2.05) is 18.2 Å². The summed E-state index contributed by atoms with van der Waals surface area (Å²) in [7, 11) is 0. The molecule has 4 aromatic rings. The molecule has 4 nitrogen and oxygen atoms in total. The van der Waals surface area contributed by atoms with Gasteiger partial charge in [-0.3, -0.25) is 4.79 Å². The van der Waals surface area contributed by atoms with E-state index in [1.165, 1.54) is 6.07 Å². The van der Waals surface area contributed by atoms with Crippen LogP contribution >= 0.6 is 0 Å². The van der Waals surface area contributed by atoms with Gasteiger partial charge in [0.15, 0.2) is 0 Å². The van der Waals surface area contributed by atoms with E-state index in [0.29, 0.717) is 33.7 Å². The van der Waals surface area contributed by atoms with Crippen LogP contribution in [0.5, 0.6) is 11.5 Å². The molecule has 0 aliphatic carbocycles. The molecule has 1 aromatic heterocycles. The monoisotopic (exact) mass is 379 g/mol.